The third-order valence-corrected chi connectivity index (χ3v) is 5.39. The van der Waals surface area contributed by atoms with E-state index in [4.69, 9.17) is 5.10 Å². The van der Waals surface area contributed by atoms with Crippen LogP contribution in [0.4, 0.5) is 0 Å². The van der Waals surface area contributed by atoms with Crippen molar-refractivity contribution >= 4 is 16.3 Å². The summed E-state index contributed by atoms with van der Waals surface area (Å²) in [7, 11) is 1.87. The van der Waals surface area contributed by atoms with Crippen LogP contribution in [0.2, 0.25) is 0 Å². The average Bonchev–Trinajstić information content (AvgIpc) is 3.18. The van der Waals surface area contributed by atoms with Crippen molar-refractivity contribution in [1.82, 2.24) is 15.1 Å². The first-order valence-electron chi connectivity index (χ1n) is 11.6. The van der Waals surface area contributed by atoms with E-state index in [1.54, 1.807) is 10.8 Å². The van der Waals surface area contributed by atoms with Crippen LogP contribution in [0.25, 0.3) is 16.3 Å². The van der Waals surface area contributed by atoms with Gasteiger partial charge in [-0.1, -0.05) is 61.2 Å². The summed E-state index contributed by atoms with van der Waals surface area (Å²) in [4.78, 5) is 10.7. The van der Waals surface area contributed by atoms with Crippen LogP contribution in [0.5, 0.6) is 0 Å². The van der Waals surface area contributed by atoms with Gasteiger partial charge in [-0.3, -0.25) is 14.8 Å². The molecule has 6 heteroatoms. The highest BCUT2D eigenvalue weighted by Crippen LogP contribution is 2.26. The molecule has 6 nitrogen and oxygen atoms in total. The highest BCUT2D eigenvalue weighted by Gasteiger charge is 2.16. The van der Waals surface area contributed by atoms with E-state index in [9.17, 15) is 10.1 Å². The average molecular weight is 469 g/mol. The Labute approximate surface area is 207 Å². The lowest BCUT2D eigenvalue weighted by Gasteiger charge is -2.15. The van der Waals surface area contributed by atoms with Crippen LogP contribution in [0.1, 0.15) is 50.9 Å². The molecule has 3 rings (SSSR count). The maximum Gasteiger partial charge on any atom is 0.262 e. The van der Waals surface area contributed by atoms with E-state index in [0.29, 0.717) is 13.0 Å². The lowest BCUT2D eigenvalue weighted by molar-refractivity contribution is -0.418. The van der Waals surface area contributed by atoms with Crippen LogP contribution in [-0.2, 0) is 13.6 Å². The first kappa shape index (κ1) is 25.5. The normalized spacial score (nSPS) is 12.3. The van der Waals surface area contributed by atoms with Crippen LogP contribution in [-0.4, -0.2) is 14.7 Å². The number of hydrogen-bond donors (Lipinski definition) is 1. The predicted octanol–water partition coefficient (Wildman–Crippen LogP) is 6.23. The molecule has 0 radical (unpaired) electrons. The van der Waals surface area contributed by atoms with Crippen molar-refractivity contribution in [3.63, 3.8) is 0 Å². The smallest absolute Gasteiger partial charge is 0.262 e. The van der Waals surface area contributed by atoms with Gasteiger partial charge in [-0.25, -0.2) is 0 Å². The maximum absolute atomic E-state index is 11.2. The number of aryl methyl sites for hydroxylation is 1. The number of nitrogens with one attached hydrogen (secondary N) is 1. The van der Waals surface area contributed by atoms with Crippen molar-refractivity contribution < 1.29 is 4.92 Å². The lowest BCUT2D eigenvalue weighted by Crippen LogP contribution is -2.14. The van der Waals surface area contributed by atoms with Crippen molar-refractivity contribution in [2.75, 3.05) is 0 Å². The SMILES string of the molecule is C=C(/C=C\C(NCc1cccc2ccccc12)=C(/CC)c1nn(C)cc1C#CC(C)(C)C)[N+](=O)[O-]. The van der Waals surface area contributed by atoms with Crippen molar-refractivity contribution in [2.24, 2.45) is 12.5 Å². The first-order valence-corrected chi connectivity index (χ1v) is 11.6. The summed E-state index contributed by atoms with van der Waals surface area (Å²) in [5.41, 5.74) is 4.07. The number of rotatable bonds is 8. The fourth-order valence-corrected chi connectivity index (χ4v) is 3.69. The summed E-state index contributed by atoms with van der Waals surface area (Å²) in [6.45, 7) is 12.3. The van der Waals surface area contributed by atoms with Crippen molar-refractivity contribution in [1.29, 1.82) is 0 Å². The fraction of sp³-hybridized carbons (Fsp3) is 0.276. The summed E-state index contributed by atoms with van der Waals surface area (Å²) in [5, 5.41) is 21.7. The van der Waals surface area contributed by atoms with Gasteiger partial charge in [-0.15, -0.1) is 0 Å². The number of fused-ring (bicyclic) bond motifs is 1. The Bertz CT molecular complexity index is 1370. The second-order valence-corrected chi connectivity index (χ2v) is 9.38. The van der Waals surface area contributed by atoms with E-state index in [-0.39, 0.29) is 11.1 Å². The molecule has 0 saturated heterocycles. The third-order valence-electron chi connectivity index (χ3n) is 5.39. The molecule has 0 aliphatic carbocycles. The zero-order valence-corrected chi connectivity index (χ0v) is 21.1. The Kier molecular flexibility index (Phi) is 7.93. The van der Waals surface area contributed by atoms with E-state index >= 15 is 0 Å². The zero-order valence-electron chi connectivity index (χ0n) is 21.1. The summed E-state index contributed by atoms with van der Waals surface area (Å²) >= 11 is 0. The minimum absolute atomic E-state index is 0.151. The zero-order chi connectivity index (χ0) is 25.6. The van der Waals surface area contributed by atoms with Gasteiger partial charge >= 0.3 is 0 Å². The van der Waals surface area contributed by atoms with Gasteiger partial charge in [0, 0.05) is 42.6 Å². The van der Waals surface area contributed by atoms with Crippen LogP contribution >= 0.6 is 0 Å². The van der Waals surface area contributed by atoms with Crippen LogP contribution in [0, 0.1) is 27.4 Å². The summed E-state index contributed by atoms with van der Waals surface area (Å²) in [6.07, 6.45) is 5.70. The fourth-order valence-electron chi connectivity index (χ4n) is 3.69. The lowest BCUT2D eigenvalue weighted by atomic mass is 9.96. The van der Waals surface area contributed by atoms with Gasteiger partial charge in [0.05, 0.1) is 10.5 Å². The number of aromatic nitrogens is 2. The number of nitro groups is 1. The molecular weight excluding hydrogens is 436 g/mol. The molecule has 0 fully saturated rings. The van der Waals surface area contributed by atoms with E-state index in [1.165, 1.54) is 6.08 Å². The topological polar surface area (TPSA) is 73.0 Å². The minimum atomic E-state index is -0.495. The summed E-state index contributed by atoms with van der Waals surface area (Å²) in [6, 6.07) is 14.4. The van der Waals surface area contributed by atoms with Gasteiger partial charge < -0.3 is 5.32 Å². The molecule has 35 heavy (non-hydrogen) atoms. The minimum Gasteiger partial charge on any atom is -0.381 e. The largest absolute Gasteiger partial charge is 0.381 e. The first-order chi connectivity index (χ1) is 16.6. The molecule has 0 aliphatic heterocycles. The third kappa shape index (κ3) is 6.70. The van der Waals surface area contributed by atoms with Crippen LogP contribution in [0.3, 0.4) is 0 Å². The molecule has 2 aromatic carbocycles. The number of hydrogen-bond acceptors (Lipinski definition) is 4. The summed E-state index contributed by atoms with van der Waals surface area (Å²) in [5.74, 6) is 6.56. The van der Waals surface area contributed by atoms with Crippen LogP contribution in [0.15, 0.2) is 78.8 Å². The van der Waals surface area contributed by atoms with Gasteiger partial charge in [0.25, 0.3) is 5.70 Å². The standard InChI is InChI=1S/C29H32N4O2/c1-7-25(28-24(20-32(6)31-28)17-18-29(3,4)5)27(16-15-21(2)33(34)35)30-19-23-13-10-12-22-11-8-9-14-26(22)23/h8-16,20,30H,2,7,19H2,1,3-6H3/b16-15-,27-25-. The molecule has 0 saturated carbocycles. The van der Waals surface area contributed by atoms with E-state index < -0.39 is 4.92 Å². The number of nitrogens with zero attached hydrogens (tertiary/aromatic N) is 3. The molecule has 180 valence electrons. The van der Waals surface area contributed by atoms with E-state index in [1.807, 2.05) is 38.4 Å². The predicted molar refractivity (Wildman–Crippen MR) is 143 cm³/mol. The molecular formula is C29H32N4O2. The molecule has 1 aromatic heterocycles. The number of benzene rings is 2. The quantitative estimate of drug-likeness (QED) is 0.184. The second-order valence-electron chi connectivity index (χ2n) is 9.38. The molecule has 0 amide bonds. The Morgan fingerprint density at radius 3 is 2.60 bits per heavy atom. The van der Waals surface area contributed by atoms with E-state index in [2.05, 4.69) is 68.8 Å². The number of allylic oxidation sites excluding steroid dienone is 3. The summed E-state index contributed by atoms with van der Waals surface area (Å²) < 4.78 is 1.75. The molecule has 3 aromatic rings. The molecule has 1 N–H and O–H groups in total. The van der Waals surface area contributed by atoms with Gasteiger partial charge in [0.2, 0.25) is 0 Å². The van der Waals surface area contributed by atoms with Gasteiger partial charge in [0.1, 0.15) is 5.69 Å². The van der Waals surface area contributed by atoms with Crippen molar-refractivity contribution in [2.45, 2.75) is 40.7 Å². The molecule has 0 aliphatic rings. The molecule has 0 unspecified atom stereocenters. The molecule has 0 bridgehead atoms. The molecule has 0 spiro atoms. The highest BCUT2D eigenvalue weighted by atomic mass is 16.6. The van der Waals surface area contributed by atoms with Gasteiger partial charge in [0.15, 0.2) is 0 Å². The van der Waals surface area contributed by atoms with Gasteiger partial charge in [-0.2, -0.15) is 5.10 Å². The Morgan fingerprint density at radius 2 is 1.91 bits per heavy atom. The monoisotopic (exact) mass is 468 g/mol. The Morgan fingerprint density at radius 1 is 1.20 bits per heavy atom. The second kappa shape index (κ2) is 10.9. The highest BCUT2D eigenvalue weighted by molar-refractivity contribution is 5.85. The van der Waals surface area contributed by atoms with Crippen LogP contribution < -0.4 is 5.32 Å². The Hall–Kier alpha value is -4.11. The van der Waals surface area contributed by atoms with Crippen molar-refractivity contribution in [3.8, 4) is 11.8 Å². The maximum atomic E-state index is 11.2. The van der Waals surface area contributed by atoms with E-state index in [0.717, 1.165) is 38.9 Å². The molecule has 0 atom stereocenters. The Balaban J connectivity index is 2.09. The van der Waals surface area contributed by atoms with Gasteiger partial charge in [-0.05, 0) is 56.2 Å². The molecule has 1 heterocycles. The van der Waals surface area contributed by atoms with Crippen molar-refractivity contribution in [3.05, 3.63) is 106 Å².